The number of aliphatic carboxylic acids is 1. The number of benzene rings is 3. The molecule has 0 bridgehead atoms. The van der Waals surface area contributed by atoms with Crippen LogP contribution in [-0.4, -0.2) is 33.3 Å². The molecule has 0 spiro atoms. The van der Waals surface area contributed by atoms with Gasteiger partial charge in [0.25, 0.3) is 5.91 Å². The fourth-order valence-electron chi connectivity index (χ4n) is 4.90. The number of hydrogen-bond acceptors (Lipinski definition) is 3. The van der Waals surface area contributed by atoms with E-state index in [0.717, 1.165) is 42.1 Å². The van der Waals surface area contributed by atoms with Gasteiger partial charge in [0.1, 0.15) is 0 Å². The Kier molecular flexibility index (Phi) is 8.85. The van der Waals surface area contributed by atoms with Crippen LogP contribution in [0.4, 0.5) is 0 Å². The van der Waals surface area contributed by atoms with Crippen molar-refractivity contribution in [2.24, 2.45) is 0 Å². The van der Waals surface area contributed by atoms with Crippen molar-refractivity contribution < 1.29 is 14.7 Å². The number of nitrogens with zero attached hydrogens (tertiary/aromatic N) is 2. The van der Waals surface area contributed by atoms with E-state index >= 15 is 0 Å². The summed E-state index contributed by atoms with van der Waals surface area (Å²) in [6.45, 7) is 8.99. The first-order valence-corrected chi connectivity index (χ1v) is 13.9. The molecule has 0 aliphatic heterocycles. The second-order valence-corrected chi connectivity index (χ2v) is 11.2. The Hall–Kier alpha value is -3.93. The van der Waals surface area contributed by atoms with E-state index in [9.17, 15) is 9.59 Å². The highest BCUT2D eigenvalue weighted by Crippen LogP contribution is 2.32. The molecule has 1 heterocycles. The first-order valence-electron chi connectivity index (χ1n) is 13.9. The summed E-state index contributed by atoms with van der Waals surface area (Å²) in [4.78, 5) is 23.1. The van der Waals surface area contributed by atoms with Gasteiger partial charge in [-0.05, 0) is 58.4 Å². The molecule has 4 aromatic rings. The van der Waals surface area contributed by atoms with Crippen molar-refractivity contribution in [3.05, 3.63) is 89.6 Å². The molecule has 6 nitrogen and oxygen atoms in total. The largest absolute Gasteiger partial charge is 0.481 e. The topological polar surface area (TPSA) is 84.2 Å². The number of hydrogen-bond donors (Lipinski definition) is 2. The number of carbonyl (C=O) groups is 2. The number of unbranched alkanes of at least 4 members (excludes halogenated alkanes) is 2. The SMILES string of the molecule is CCCCCC(c1ccc(C(=O)NCCC(=O)O)cc1)n1ncc2cc(-c3ccc(C(C)(C)C)cc3)ccc21. The van der Waals surface area contributed by atoms with Crippen LogP contribution >= 0.6 is 0 Å². The van der Waals surface area contributed by atoms with E-state index in [0.29, 0.717) is 5.56 Å². The van der Waals surface area contributed by atoms with Crippen LogP contribution in [-0.2, 0) is 10.2 Å². The first-order chi connectivity index (χ1) is 18.7. The summed E-state index contributed by atoms with van der Waals surface area (Å²) in [5.74, 6) is -1.20. The van der Waals surface area contributed by atoms with Crippen molar-refractivity contribution in [1.29, 1.82) is 0 Å². The maximum Gasteiger partial charge on any atom is 0.305 e. The smallest absolute Gasteiger partial charge is 0.305 e. The molecule has 2 N–H and O–H groups in total. The quantitative estimate of drug-likeness (QED) is 0.200. The van der Waals surface area contributed by atoms with E-state index < -0.39 is 5.97 Å². The van der Waals surface area contributed by atoms with E-state index in [2.05, 4.69) is 80.2 Å². The first kappa shape index (κ1) is 28.1. The van der Waals surface area contributed by atoms with Gasteiger partial charge >= 0.3 is 5.97 Å². The van der Waals surface area contributed by atoms with E-state index in [4.69, 9.17) is 10.2 Å². The van der Waals surface area contributed by atoms with Crippen LogP contribution in [0.5, 0.6) is 0 Å². The highest BCUT2D eigenvalue weighted by molar-refractivity contribution is 5.94. The summed E-state index contributed by atoms with van der Waals surface area (Å²) in [5.41, 5.74) is 6.50. The van der Waals surface area contributed by atoms with Crippen molar-refractivity contribution >= 4 is 22.8 Å². The standard InChI is InChI=1S/C33H39N3O3/c1-5-6-7-8-29(24-9-11-25(12-10-24)32(39)34-20-19-31(37)38)36-30-18-15-26(21-27(30)22-35-36)23-13-16-28(17-14-23)33(2,3)4/h9-18,21-22,29H,5-8,19-20H2,1-4H3,(H,34,39)(H,37,38). The molecule has 1 amide bonds. The monoisotopic (exact) mass is 525 g/mol. The second kappa shape index (κ2) is 12.3. The number of aromatic nitrogens is 2. The van der Waals surface area contributed by atoms with Gasteiger partial charge in [-0.3, -0.25) is 14.3 Å². The molecule has 0 aliphatic rings. The van der Waals surface area contributed by atoms with Gasteiger partial charge in [-0.25, -0.2) is 0 Å². The third kappa shape index (κ3) is 6.94. The Morgan fingerprint density at radius 1 is 0.949 bits per heavy atom. The summed E-state index contributed by atoms with van der Waals surface area (Å²) in [7, 11) is 0. The summed E-state index contributed by atoms with van der Waals surface area (Å²) < 4.78 is 2.11. The number of carbonyl (C=O) groups excluding carboxylic acids is 1. The molecule has 0 saturated heterocycles. The molecule has 204 valence electrons. The average molecular weight is 526 g/mol. The van der Waals surface area contributed by atoms with E-state index in [-0.39, 0.29) is 30.3 Å². The lowest BCUT2D eigenvalue weighted by molar-refractivity contribution is -0.136. The van der Waals surface area contributed by atoms with Gasteiger partial charge in [-0.2, -0.15) is 5.10 Å². The maximum atomic E-state index is 12.4. The molecule has 1 unspecified atom stereocenters. The lowest BCUT2D eigenvalue weighted by Gasteiger charge is -2.20. The van der Waals surface area contributed by atoms with Gasteiger partial charge in [0.15, 0.2) is 0 Å². The minimum Gasteiger partial charge on any atom is -0.481 e. The zero-order chi connectivity index (χ0) is 28.0. The van der Waals surface area contributed by atoms with Crippen molar-refractivity contribution in [1.82, 2.24) is 15.1 Å². The predicted octanol–water partition coefficient (Wildman–Crippen LogP) is 7.38. The number of rotatable bonds is 11. The molecule has 0 saturated carbocycles. The normalized spacial score (nSPS) is 12.4. The third-order valence-electron chi connectivity index (χ3n) is 7.24. The zero-order valence-corrected chi connectivity index (χ0v) is 23.4. The fraction of sp³-hybridized carbons (Fsp3) is 0.364. The van der Waals surface area contributed by atoms with Crippen LogP contribution in [0.3, 0.4) is 0 Å². The molecule has 0 radical (unpaired) electrons. The zero-order valence-electron chi connectivity index (χ0n) is 23.4. The Morgan fingerprint density at radius 3 is 2.28 bits per heavy atom. The molecule has 3 aromatic carbocycles. The number of nitrogens with one attached hydrogen (secondary N) is 1. The Labute approximate surface area is 231 Å². The van der Waals surface area contributed by atoms with Crippen molar-refractivity contribution in [2.45, 2.75) is 71.3 Å². The van der Waals surface area contributed by atoms with Gasteiger partial charge in [0, 0.05) is 17.5 Å². The average Bonchev–Trinajstić information content (AvgIpc) is 3.33. The number of amides is 1. The van der Waals surface area contributed by atoms with Gasteiger partial charge in [-0.15, -0.1) is 0 Å². The van der Waals surface area contributed by atoms with Crippen LogP contribution in [0, 0.1) is 0 Å². The van der Waals surface area contributed by atoms with E-state index in [1.807, 2.05) is 30.5 Å². The maximum absolute atomic E-state index is 12.4. The van der Waals surface area contributed by atoms with Gasteiger partial charge < -0.3 is 10.4 Å². The highest BCUT2D eigenvalue weighted by atomic mass is 16.4. The molecule has 1 aromatic heterocycles. The van der Waals surface area contributed by atoms with Gasteiger partial charge in [-0.1, -0.05) is 89.4 Å². The van der Waals surface area contributed by atoms with Crippen LogP contribution in [0.15, 0.2) is 72.9 Å². The number of carboxylic acid groups (broad SMARTS) is 1. The van der Waals surface area contributed by atoms with Crippen molar-refractivity contribution in [3.8, 4) is 11.1 Å². The van der Waals surface area contributed by atoms with Crippen LogP contribution in [0.2, 0.25) is 0 Å². The molecule has 1 atom stereocenters. The minimum absolute atomic E-state index is 0.0510. The molecule has 6 heteroatoms. The summed E-state index contributed by atoms with van der Waals surface area (Å²) in [5, 5.41) is 17.4. The fourth-order valence-corrected chi connectivity index (χ4v) is 4.90. The van der Waals surface area contributed by atoms with E-state index in [1.54, 1.807) is 0 Å². The molecule has 0 aliphatic carbocycles. The van der Waals surface area contributed by atoms with Crippen molar-refractivity contribution in [2.75, 3.05) is 6.54 Å². The Morgan fingerprint density at radius 2 is 1.64 bits per heavy atom. The molecule has 4 rings (SSSR count). The van der Waals surface area contributed by atoms with Gasteiger partial charge in [0.2, 0.25) is 0 Å². The lowest BCUT2D eigenvalue weighted by atomic mass is 9.86. The number of carboxylic acids is 1. The Balaban J connectivity index is 1.59. The summed E-state index contributed by atoms with van der Waals surface area (Å²) in [6.07, 6.45) is 6.16. The Bertz CT molecular complexity index is 1410. The second-order valence-electron chi connectivity index (χ2n) is 11.2. The molecule has 0 fully saturated rings. The summed E-state index contributed by atoms with van der Waals surface area (Å²) >= 11 is 0. The molecular formula is C33H39N3O3. The van der Waals surface area contributed by atoms with Crippen LogP contribution < -0.4 is 5.32 Å². The molecule has 39 heavy (non-hydrogen) atoms. The summed E-state index contributed by atoms with van der Waals surface area (Å²) in [6, 6.07) is 23.0. The highest BCUT2D eigenvalue weighted by Gasteiger charge is 2.19. The van der Waals surface area contributed by atoms with Crippen LogP contribution in [0.25, 0.3) is 22.0 Å². The van der Waals surface area contributed by atoms with Crippen molar-refractivity contribution in [3.63, 3.8) is 0 Å². The van der Waals surface area contributed by atoms with Gasteiger partial charge in [0.05, 0.1) is 24.2 Å². The number of fused-ring (bicyclic) bond motifs is 1. The molecular weight excluding hydrogens is 486 g/mol. The third-order valence-corrected chi connectivity index (χ3v) is 7.24. The minimum atomic E-state index is -0.933. The van der Waals surface area contributed by atoms with Crippen LogP contribution in [0.1, 0.15) is 87.3 Å². The predicted molar refractivity (Wildman–Crippen MR) is 157 cm³/mol. The lowest BCUT2D eigenvalue weighted by Crippen LogP contribution is -2.26. The van der Waals surface area contributed by atoms with E-state index in [1.165, 1.54) is 16.7 Å².